The SMILES string of the molecule is CNCc1ccc(OCC2Cc3cc(C)ccc3O2)cn1. The van der Waals surface area contributed by atoms with Crippen molar-refractivity contribution in [3.63, 3.8) is 0 Å². The summed E-state index contributed by atoms with van der Waals surface area (Å²) in [6, 6.07) is 10.2. The van der Waals surface area contributed by atoms with E-state index >= 15 is 0 Å². The lowest BCUT2D eigenvalue weighted by Crippen LogP contribution is -2.22. The number of hydrogen-bond acceptors (Lipinski definition) is 4. The van der Waals surface area contributed by atoms with E-state index < -0.39 is 0 Å². The molecular weight excluding hydrogens is 264 g/mol. The van der Waals surface area contributed by atoms with Gasteiger partial charge in [-0.05, 0) is 37.7 Å². The first-order chi connectivity index (χ1) is 10.2. The summed E-state index contributed by atoms with van der Waals surface area (Å²) in [5, 5.41) is 3.07. The molecule has 2 aromatic rings. The summed E-state index contributed by atoms with van der Waals surface area (Å²) in [4.78, 5) is 4.34. The molecule has 1 unspecified atom stereocenters. The van der Waals surface area contributed by atoms with Crippen molar-refractivity contribution in [2.24, 2.45) is 0 Å². The average Bonchev–Trinajstić information content (AvgIpc) is 2.89. The molecule has 0 radical (unpaired) electrons. The van der Waals surface area contributed by atoms with Crippen molar-refractivity contribution in [1.29, 1.82) is 0 Å². The number of nitrogens with zero attached hydrogens (tertiary/aromatic N) is 1. The van der Waals surface area contributed by atoms with E-state index in [-0.39, 0.29) is 6.10 Å². The molecule has 1 N–H and O–H groups in total. The van der Waals surface area contributed by atoms with Crippen LogP contribution in [0.2, 0.25) is 0 Å². The van der Waals surface area contributed by atoms with Gasteiger partial charge in [0.15, 0.2) is 0 Å². The van der Waals surface area contributed by atoms with E-state index in [0.717, 1.165) is 30.2 Å². The largest absolute Gasteiger partial charge is 0.488 e. The maximum Gasteiger partial charge on any atom is 0.137 e. The van der Waals surface area contributed by atoms with Crippen molar-refractivity contribution in [2.45, 2.75) is 26.0 Å². The highest BCUT2D eigenvalue weighted by Gasteiger charge is 2.23. The molecule has 0 amide bonds. The Morgan fingerprint density at radius 1 is 1.33 bits per heavy atom. The van der Waals surface area contributed by atoms with Crippen LogP contribution in [0.1, 0.15) is 16.8 Å². The molecule has 0 spiro atoms. The molecule has 1 aliphatic rings. The number of nitrogens with one attached hydrogen (secondary N) is 1. The maximum atomic E-state index is 5.89. The normalized spacial score (nSPS) is 16.4. The number of ether oxygens (including phenoxy) is 2. The number of hydrogen-bond donors (Lipinski definition) is 1. The van der Waals surface area contributed by atoms with Gasteiger partial charge in [-0.25, -0.2) is 0 Å². The van der Waals surface area contributed by atoms with Crippen LogP contribution in [0, 0.1) is 6.92 Å². The molecule has 1 aliphatic heterocycles. The molecule has 0 aliphatic carbocycles. The first kappa shape index (κ1) is 13.9. The Labute approximate surface area is 125 Å². The lowest BCUT2D eigenvalue weighted by atomic mass is 10.1. The summed E-state index contributed by atoms with van der Waals surface area (Å²) >= 11 is 0. The Hall–Kier alpha value is -2.07. The fraction of sp³-hybridized carbons (Fsp3) is 0.353. The van der Waals surface area contributed by atoms with E-state index in [9.17, 15) is 0 Å². The van der Waals surface area contributed by atoms with Crippen molar-refractivity contribution in [3.8, 4) is 11.5 Å². The van der Waals surface area contributed by atoms with Gasteiger partial charge in [0.25, 0.3) is 0 Å². The topological polar surface area (TPSA) is 43.4 Å². The summed E-state index contributed by atoms with van der Waals surface area (Å²) in [5.74, 6) is 1.77. The second-order valence-electron chi connectivity index (χ2n) is 5.38. The van der Waals surface area contributed by atoms with Gasteiger partial charge in [-0.1, -0.05) is 17.7 Å². The number of aryl methyl sites for hydroxylation is 1. The Bertz CT molecular complexity index is 611. The fourth-order valence-electron chi connectivity index (χ4n) is 2.51. The second kappa shape index (κ2) is 6.14. The lowest BCUT2D eigenvalue weighted by molar-refractivity contribution is 0.148. The van der Waals surface area contributed by atoms with Crippen LogP contribution in [0.4, 0.5) is 0 Å². The monoisotopic (exact) mass is 284 g/mol. The Kier molecular flexibility index (Phi) is 4.06. The van der Waals surface area contributed by atoms with Gasteiger partial charge in [0.1, 0.15) is 24.2 Å². The van der Waals surface area contributed by atoms with Crippen LogP contribution in [0.25, 0.3) is 0 Å². The van der Waals surface area contributed by atoms with Crippen LogP contribution in [-0.4, -0.2) is 24.7 Å². The minimum absolute atomic E-state index is 0.0822. The summed E-state index contributed by atoms with van der Waals surface area (Å²) in [6.07, 6.45) is 2.75. The van der Waals surface area contributed by atoms with Gasteiger partial charge in [0.05, 0.1) is 11.9 Å². The van der Waals surface area contributed by atoms with E-state index in [0.29, 0.717) is 6.61 Å². The molecule has 21 heavy (non-hydrogen) atoms. The molecule has 4 nitrogen and oxygen atoms in total. The smallest absolute Gasteiger partial charge is 0.137 e. The van der Waals surface area contributed by atoms with Crippen LogP contribution in [0.15, 0.2) is 36.5 Å². The molecule has 2 heterocycles. The molecular formula is C17H20N2O2. The standard InChI is InChI=1S/C17H20N2O2/c1-12-3-6-17-13(7-12)8-16(21-17)11-20-15-5-4-14(9-18-2)19-10-15/h3-7,10,16,18H,8-9,11H2,1-2H3. The van der Waals surface area contributed by atoms with E-state index in [1.807, 2.05) is 25.2 Å². The minimum atomic E-state index is 0.0822. The van der Waals surface area contributed by atoms with Gasteiger partial charge in [0, 0.05) is 13.0 Å². The van der Waals surface area contributed by atoms with Crippen LogP contribution >= 0.6 is 0 Å². The number of benzene rings is 1. The van der Waals surface area contributed by atoms with Gasteiger partial charge >= 0.3 is 0 Å². The van der Waals surface area contributed by atoms with Gasteiger partial charge in [-0.2, -0.15) is 0 Å². The number of rotatable bonds is 5. The highest BCUT2D eigenvalue weighted by molar-refractivity contribution is 5.40. The summed E-state index contributed by atoms with van der Waals surface area (Å²) in [6.45, 7) is 3.41. The van der Waals surface area contributed by atoms with Gasteiger partial charge < -0.3 is 14.8 Å². The Balaban J connectivity index is 1.55. The number of pyridine rings is 1. The lowest BCUT2D eigenvalue weighted by Gasteiger charge is -2.12. The number of aromatic nitrogens is 1. The molecule has 0 saturated heterocycles. The molecule has 3 rings (SSSR count). The summed E-state index contributed by atoms with van der Waals surface area (Å²) < 4.78 is 11.7. The molecule has 1 aromatic heterocycles. The maximum absolute atomic E-state index is 5.89. The third-order valence-electron chi connectivity index (χ3n) is 3.55. The average molecular weight is 284 g/mol. The van der Waals surface area contributed by atoms with Crippen LogP contribution < -0.4 is 14.8 Å². The molecule has 0 saturated carbocycles. The quantitative estimate of drug-likeness (QED) is 0.916. The first-order valence-electron chi connectivity index (χ1n) is 7.23. The van der Waals surface area contributed by atoms with Crippen molar-refractivity contribution in [3.05, 3.63) is 53.3 Å². The molecule has 1 aromatic carbocycles. The fourth-order valence-corrected chi connectivity index (χ4v) is 2.51. The Morgan fingerprint density at radius 3 is 3.00 bits per heavy atom. The third kappa shape index (κ3) is 3.34. The van der Waals surface area contributed by atoms with E-state index in [2.05, 4.69) is 29.4 Å². The van der Waals surface area contributed by atoms with E-state index in [4.69, 9.17) is 9.47 Å². The van der Waals surface area contributed by atoms with Crippen molar-refractivity contribution in [1.82, 2.24) is 10.3 Å². The zero-order valence-electron chi connectivity index (χ0n) is 12.4. The summed E-state index contributed by atoms with van der Waals surface area (Å²) in [7, 11) is 1.91. The van der Waals surface area contributed by atoms with E-state index in [1.54, 1.807) is 6.20 Å². The van der Waals surface area contributed by atoms with Crippen molar-refractivity contribution in [2.75, 3.05) is 13.7 Å². The molecule has 110 valence electrons. The predicted octanol–water partition coefficient (Wildman–Crippen LogP) is 2.49. The zero-order chi connectivity index (χ0) is 14.7. The first-order valence-corrected chi connectivity index (χ1v) is 7.23. The number of fused-ring (bicyclic) bond motifs is 1. The molecule has 1 atom stereocenters. The molecule has 4 heteroatoms. The molecule has 0 bridgehead atoms. The predicted molar refractivity (Wildman–Crippen MR) is 81.8 cm³/mol. The van der Waals surface area contributed by atoms with Gasteiger partial charge in [-0.3, -0.25) is 4.98 Å². The van der Waals surface area contributed by atoms with Crippen LogP contribution in [-0.2, 0) is 13.0 Å². The van der Waals surface area contributed by atoms with Crippen molar-refractivity contribution >= 4 is 0 Å². The zero-order valence-corrected chi connectivity index (χ0v) is 12.4. The minimum Gasteiger partial charge on any atom is -0.488 e. The van der Waals surface area contributed by atoms with Crippen LogP contribution in [0.3, 0.4) is 0 Å². The highest BCUT2D eigenvalue weighted by atomic mass is 16.5. The van der Waals surface area contributed by atoms with Crippen molar-refractivity contribution < 1.29 is 9.47 Å². The van der Waals surface area contributed by atoms with Gasteiger partial charge in [0.2, 0.25) is 0 Å². The second-order valence-corrected chi connectivity index (χ2v) is 5.38. The Morgan fingerprint density at radius 2 is 2.24 bits per heavy atom. The highest BCUT2D eigenvalue weighted by Crippen LogP contribution is 2.29. The summed E-state index contributed by atoms with van der Waals surface area (Å²) in [5.41, 5.74) is 3.54. The van der Waals surface area contributed by atoms with E-state index in [1.165, 1.54) is 11.1 Å². The molecule has 0 fully saturated rings. The third-order valence-corrected chi connectivity index (χ3v) is 3.55. The van der Waals surface area contributed by atoms with Gasteiger partial charge in [-0.15, -0.1) is 0 Å². The van der Waals surface area contributed by atoms with Crippen LogP contribution in [0.5, 0.6) is 11.5 Å².